The Morgan fingerprint density at radius 1 is 1.83 bits per heavy atom. The summed E-state index contributed by atoms with van der Waals surface area (Å²) in [5.74, 6) is -0.776. The van der Waals surface area contributed by atoms with Crippen LogP contribution in [0.25, 0.3) is 0 Å². The molecule has 1 heterocycles. The quantitative estimate of drug-likeness (QED) is 0.709. The number of rotatable bonds is 4. The second kappa shape index (κ2) is 4.44. The van der Waals surface area contributed by atoms with Gasteiger partial charge in [-0.3, -0.25) is 4.79 Å². The second-order valence-electron chi connectivity index (χ2n) is 1.98. The van der Waals surface area contributed by atoms with Gasteiger partial charge in [-0.1, -0.05) is 11.8 Å². The summed E-state index contributed by atoms with van der Waals surface area (Å²) in [6.45, 7) is 0.464. The maximum atomic E-state index is 10.2. The van der Waals surface area contributed by atoms with Gasteiger partial charge in [0, 0.05) is 17.6 Å². The van der Waals surface area contributed by atoms with E-state index in [4.69, 9.17) is 10.8 Å². The standard InChI is InChI=1S/C6H8N2O2S2/c7-1-4-2-8-6(12-4)11-3-5(9)10/h2H,1,3,7H2,(H,9,10). The molecule has 0 aliphatic heterocycles. The van der Waals surface area contributed by atoms with Gasteiger partial charge in [0.1, 0.15) is 0 Å². The molecule has 0 saturated heterocycles. The van der Waals surface area contributed by atoms with Gasteiger partial charge in [-0.25, -0.2) is 4.98 Å². The monoisotopic (exact) mass is 204 g/mol. The first-order valence-electron chi connectivity index (χ1n) is 3.21. The third kappa shape index (κ3) is 2.80. The third-order valence-electron chi connectivity index (χ3n) is 1.05. The van der Waals surface area contributed by atoms with Crippen molar-refractivity contribution in [3.63, 3.8) is 0 Å². The Hall–Kier alpha value is -0.590. The lowest BCUT2D eigenvalue weighted by Crippen LogP contribution is -1.96. The topological polar surface area (TPSA) is 76.2 Å². The molecule has 0 saturated carbocycles. The lowest BCUT2D eigenvalue weighted by molar-refractivity contribution is -0.133. The Morgan fingerprint density at radius 2 is 2.58 bits per heavy atom. The average Bonchev–Trinajstić information content (AvgIpc) is 2.48. The van der Waals surface area contributed by atoms with Crippen LogP contribution in [0.15, 0.2) is 10.5 Å². The molecule has 0 aliphatic rings. The molecule has 1 aromatic rings. The largest absolute Gasteiger partial charge is 0.481 e. The second-order valence-corrected chi connectivity index (χ2v) is 4.32. The predicted octanol–water partition coefficient (Wildman–Crippen LogP) is 0.779. The van der Waals surface area contributed by atoms with Crippen molar-refractivity contribution in [2.75, 3.05) is 5.75 Å². The van der Waals surface area contributed by atoms with Crippen molar-refractivity contribution in [2.45, 2.75) is 10.9 Å². The lowest BCUT2D eigenvalue weighted by atomic mass is 10.6. The smallest absolute Gasteiger partial charge is 0.313 e. The summed E-state index contributed by atoms with van der Waals surface area (Å²) in [5, 5.41) is 8.37. The molecule has 6 heteroatoms. The van der Waals surface area contributed by atoms with Crippen LogP contribution in [-0.4, -0.2) is 21.8 Å². The predicted molar refractivity (Wildman–Crippen MR) is 48.4 cm³/mol. The number of hydrogen-bond donors (Lipinski definition) is 2. The Morgan fingerprint density at radius 3 is 3.08 bits per heavy atom. The Bertz CT molecular complexity index is 274. The van der Waals surface area contributed by atoms with Gasteiger partial charge in [0.05, 0.1) is 5.75 Å². The molecule has 0 spiro atoms. The summed E-state index contributed by atoms with van der Waals surface area (Å²) < 4.78 is 0.762. The van der Waals surface area contributed by atoms with E-state index in [-0.39, 0.29) is 5.75 Å². The fraction of sp³-hybridized carbons (Fsp3) is 0.333. The Balaban J connectivity index is 2.47. The molecule has 0 fully saturated rings. The van der Waals surface area contributed by atoms with Crippen LogP contribution in [0.1, 0.15) is 4.88 Å². The van der Waals surface area contributed by atoms with Crippen LogP contribution in [0.4, 0.5) is 0 Å². The Labute approximate surface area is 77.8 Å². The van der Waals surface area contributed by atoms with E-state index in [2.05, 4.69) is 4.98 Å². The minimum absolute atomic E-state index is 0.0531. The highest BCUT2D eigenvalue weighted by atomic mass is 32.2. The zero-order valence-corrected chi connectivity index (χ0v) is 7.82. The van der Waals surface area contributed by atoms with Gasteiger partial charge in [0.25, 0.3) is 0 Å². The summed E-state index contributed by atoms with van der Waals surface area (Å²) >= 11 is 2.66. The molecule has 1 aromatic heterocycles. The molecule has 66 valence electrons. The maximum Gasteiger partial charge on any atom is 0.313 e. The molecular formula is C6H8N2O2S2. The minimum atomic E-state index is -0.829. The summed E-state index contributed by atoms with van der Waals surface area (Å²) in [7, 11) is 0. The lowest BCUT2D eigenvalue weighted by Gasteiger charge is -1.89. The number of carbonyl (C=O) groups is 1. The fourth-order valence-corrected chi connectivity index (χ4v) is 2.20. The number of hydrogen-bond acceptors (Lipinski definition) is 5. The number of aliphatic carboxylic acids is 1. The minimum Gasteiger partial charge on any atom is -0.481 e. The molecule has 0 bridgehead atoms. The van der Waals surface area contributed by atoms with Crippen LogP contribution in [0, 0.1) is 0 Å². The third-order valence-corrected chi connectivity index (χ3v) is 3.21. The average molecular weight is 204 g/mol. The summed E-state index contributed by atoms with van der Waals surface area (Å²) in [6, 6.07) is 0. The van der Waals surface area contributed by atoms with Crippen LogP contribution in [0.5, 0.6) is 0 Å². The van der Waals surface area contributed by atoms with Crippen molar-refractivity contribution in [1.82, 2.24) is 4.98 Å². The van der Waals surface area contributed by atoms with Crippen molar-refractivity contribution in [3.05, 3.63) is 11.1 Å². The molecule has 4 nitrogen and oxygen atoms in total. The first kappa shape index (κ1) is 9.50. The van der Waals surface area contributed by atoms with E-state index in [1.54, 1.807) is 6.20 Å². The summed E-state index contributed by atoms with van der Waals surface area (Å²) in [6.07, 6.45) is 1.68. The number of nitrogens with two attached hydrogens (primary N) is 1. The van der Waals surface area contributed by atoms with Gasteiger partial charge in [0.15, 0.2) is 4.34 Å². The zero-order chi connectivity index (χ0) is 8.97. The van der Waals surface area contributed by atoms with Crippen molar-refractivity contribution in [2.24, 2.45) is 5.73 Å². The molecule has 1 rings (SSSR count). The van der Waals surface area contributed by atoms with Crippen LogP contribution in [0.2, 0.25) is 0 Å². The van der Waals surface area contributed by atoms with Gasteiger partial charge in [-0.05, 0) is 0 Å². The normalized spacial score (nSPS) is 10.1. The van der Waals surface area contributed by atoms with Gasteiger partial charge in [-0.2, -0.15) is 0 Å². The zero-order valence-electron chi connectivity index (χ0n) is 6.19. The highest BCUT2D eigenvalue weighted by Gasteiger charge is 2.03. The molecular weight excluding hydrogens is 196 g/mol. The van der Waals surface area contributed by atoms with Crippen LogP contribution >= 0.6 is 23.1 Å². The van der Waals surface area contributed by atoms with E-state index in [0.717, 1.165) is 9.22 Å². The highest BCUT2D eigenvalue weighted by Crippen LogP contribution is 2.23. The number of thioether (sulfide) groups is 1. The molecule has 0 amide bonds. The number of carboxylic acids is 1. The molecule has 3 N–H and O–H groups in total. The van der Waals surface area contributed by atoms with E-state index in [1.807, 2.05) is 0 Å². The van der Waals surface area contributed by atoms with E-state index in [0.29, 0.717) is 6.54 Å². The van der Waals surface area contributed by atoms with Crippen LogP contribution < -0.4 is 5.73 Å². The summed E-state index contributed by atoms with van der Waals surface area (Å²) in [5.41, 5.74) is 5.36. The van der Waals surface area contributed by atoms with Gasteiger partial charge in [-0.15, -0.1) is 11.3 Å². The molecule has 0 aliphatic carbocycles. The van der Waals surface area contributed by atoms with E-state index in [1.165, 1.54) is 23.1 Å². The SMILES string of the molecule is NCc1cnc(SCC(=O)O)s1. The fourth-order valence-electron chi connectivity index (χ4n) is 0.574. The highest BCUT2D eigenvalue weighted by molar-refractivity contribution is 8.01. The van der Waals surface area contributed by atoms with Gasteiger partial charge in [0.2, 0.25) is 0 Å². The maximum absolute atomic E-state index is 10.2. The first-order chi connectivity index (χ1) is 5.72. The summed E-state index contributed by atoms with van der Waals surface area (Å²) in [4.78, 5) is 15.2. The first-order valence-corrected chi connectivity index (χ1v) is 5.02. The molecule has 12 heavy (non-hydrogen) atoms. The van der Waals surface area contributed by atoms with Crippen LogP contribution in [-0.2, 0) is 11.3 Å². The number of aromatic nitrogens is 1. The van der Waals surface area contributed by atoms with Crippen molar-refractivity contribution < 1.29 is 9.90 Å². The molecule has 0 aromatic carbocycles. The number of carboxylic acid groups (broad SMARTS) is 1. The molecule has 0 radical (unpaired) electrons. The van der Waals surface area contributed by atoms with E-state index in [9.17, 15) is 4.79 Å². The van der Waals surface area contributed by atoms with Gasteiger partial charge < -0.3 is 10.8 Å². The molecule has 0 unspecified atom stereocenters. The van der Waals surface area contributed by atoms with Crippen molar-refractivity contribution in [1.29, 1.82) is 0 Å². The van der Waals surface area contributed by atoms with Crippen molar-refractivity contribution in [3.8, 4) is 0 Å². The van der Waals surface area contributed by atoms with Gasteiger partial charge >= 0.3 is 5.97 Å². The molecule has 0 atom stereocenters. The Kier molecular flexibility index (Phi) is 3.51. The van der Waals surface area contributed by atoms with E-state index < -0.39 is 5.97 Å². The number of thiazole rings is 1. The van der Waals surface area contributed by atoms with E-state index >= 15 is 0 Å². The van der Waals surface area contributed by atoms with Crippen molar-refractivity contribution >= 4 is 29.1 Å². The van der Waals surface area contributed by atoms with Crippen LogP contribution in [0.3, 0.4) is 0 Å². The number of nitrogens with zero attached hydrogens (tertiary/aromatic N) is 1.